The molecule has 3 rings (SSSR count). The number of carbonyl (C=O) groups is 1. The number of rotatable bonds is 10. The largest absolute Gasteiger partial charge is 0.355 e. The molecule has 0 spiro atoms. The van der Waals surface area contributed by atoms with E-state index in [-0.39, 0.29) is 18.4 Å². The average molecular weight is 542 g/mol. The highest BCUT2D eigenvalue weighted by molar-refractivity contribution is 7.98. The van der Waals surface area contributed by atoms with Crippen molar-refractivity contribution in [2.24, 2.45) is 11.7 Å². The van der Waals surface area contributed by atoms with Gasteiger partial charge in [0, 0.05) is 32.4 Å². The molecule has 0 aliphatic carbocycles. The van der Waals surface area contributed by atoms with E-state index in [0.717, 1.165) is 18.2 Å². The Hall–Kier alpha value is -3.32. The lowest BCUT2D eigenvalue weighted by molar-refractivity contribution is -0.119. The van der Waals surface area contributed by atoms with Crippen molar-refractivity contribution in [1.82, 2.24) is 10.3 Å². The van der Waals surface area contributed by atoms with Crippen LogP contribution in [-0.4, -0.2) is 58.8 Å². The van der Waals surface area contributed by atoms with Crippen molar-refractivity contribution in [2.45, 2.75) is 30.5 Å². The van der Waals surface area contributed by atoms with Gasteiger partial charge in [0.15, 0.2) is 0 Å². The first-order valence-corrected chi connectivity index (χ1v) is 14.7. The fraction of sp³-hybridized carbons (Fsp3) is 0.440. The van der Waals surface area contributed by atoms with Gasteiger partial charge in [-0.25, -0.2) is 13.4 Å². The van der Waals surface area contributed by atoms with E-state index < -0.39 is 10.0 Å². The molecule has 1 aliphatic heterocycles. The number of sulfonamides is 1. The third-order valence-electron chi connectivity index (χ3n) is 6.36. The quantitative estimate of drug-likeness (QED) is 0.429. The molecule has 1 saturated heterocycles. The van der Waals surface area contributed by atoms with Crippen LogP contribution in [0.1, 0.15) is 35.6 Å². The van der Waals surface area contributed by atoms with Crippen LogP contribution in [0, 0.1) is 28.6 Å². The normalized spacial score (nSPS) is 15.2. The van der Waals surface area contributed by atoms with Crippen molar-refractivity contribution in [3.63, 3.8) is 0 Å². The highest BCUT2D eigenvalue weighted by Crippen LogP contribution is 2.35. The summed E-state index contributed by atoms with van der Waals surface area (Å²) in [6, 6.07) is 11.7. The highest BCUT2D eigenvalue weighted by atomic mass is 32.2. The molecule has 1 aliphatic rings. The Labute approximate surface area is 222 Å². The zero-order valence-corrected chi connectivity index (χ0v) is 22.8. The van der Waals surface area contributed by atoms with Crippen LogP contribution >= 0.6 is 11.8 Å². The molecular weight excluding hydrogens is 510 g/mol. The number of benzene rings is 1. The summed E-state index contributed by atoms with van der Waals surface area (Å²) in [5.41, 5.74) is 8.39. The van der Waals surface area contributed by atoms with E-state index in [2.05, 4.69) is 22.4 Å². The Morgan fingerprint density at radius 2 is 1.95 bits per heavy atom. The maximum atomic E-state index is 11.8. The molecule has 1 unspecified atom stereocenters. The van der Waals surface area contributed by atoms with Crippen LogP contribution in [0.3, 0.4) is 0 Å². The lowest BCUT2D eigenvalue weighted by Gasteiger charge is -2.22. The summed E-state index contributed by atoms with van der Waals surface area (Å²) in [6.07, 6.45) is 2.51. The second kappa shape index (κ2) is 12.3. The topological polar surface area (TPSA) is 156 Å². The van der Waals surface area contributed by atoms with Crippen LogP contribution < -0.4 is 20.3 Å². The third-order valence-corrected chi connectivity index (χ3v) is 8.61. The first-order valence-electron chi connectivity index (χ1n) is 11.9. The van der Waals surface area contributed by atoms with Gasteiger partial charge in [-0.05, 0) is 42.0 Å². The van der Waals surface area contributed by atoms with E-state index >= 15 is 0 Å². The second-order valence-electron chi connectivity index (χ2n) is 8.84. The van der Waals surface area contributed by atoms with Crippen LogP contribution in [0.2, 0.25) is 0 Å². The van der Waals surface area contributed by atoms with Gasteiger partial charge in [0.05, 0.1) is 29.6 Å². The van der Waals surface area contributed by atoms with E-state index in [1.165, 1.54) is 23.1 Å². The van der Waals surface area contributed by atoms with Crippen LogP contribution in [-0.2, 0) is 27.0 Å². The molecule has 1 amide bonds. The van der Waals surface area contributed by atoms with Gasteiger partial charge in [0.2, 0.25) is 15.9 Å². The first-order chi connectivity index (χ1) is 17.6. The van der Waals surface area contributed by atoms with Gasteiger partial charge in [0.1, 0.15) is 23.0 Å². The van der Waals surface area contributed by atoms with E-state index in [1.807, 2.05) is 19.1 Å². The summed E-state index contributed by atoms with van der Waals surface area (Å²) in [7, 11) is -1.85. The van der Waals surface area contributed by atoms with E-state index in [4.69, 9.17) is 10.7 Å². The van der Waals surface area contributed by atoms with Crippen molar-refractivity contribution >= 4 is 39.2 Å². The Bertz CT molecular complexity index is 1330. The summed E-state index contributed by atoms with van der Waals surface area (Å²) < 4.78 is 24.8. The molecule has 1 aromatic heterocycles. The van der Waals surface area contributed by atoms with Gasteiger partial charge < -0.3 is 16.0 Å². The molecule has 12 heteroatoms. The van der Waals surface area contributed by atoms with Crippen LogP contribution in [0.25, 0.3) is 0 Å². The number of hydrogen-bond donors (Lipinski definition) is 2. The van der Waals surface area contributed by atoms with E-state index in [0.29, 0.717) is 65.0 Å². The molecule has 1 fully saturated rings. The van der Waals surface area contributed by atoms with Crippen molar-refractivity contribution in [3.8, 4) is 12.1 Å². The molecule has 0 bridgehead atoms. The minimum absolute atomic E-state index is 0.0518. The van der Waals surface area contributed by atoms with Crippen LogP contribution in [0.4, 0.5) is 11.5 Å². The molecule has 2 aromatic rings. The number of hydrogen-bond acceptors (Lipinski definition) is 9. The smallest absolute Gasteiger partial charge is 0.233 e. The van der Waals surface area contributed by atoms with Crippen molar-refractivity contribution < 1.29 is 13.2 Å². The molecule has 0 saturated carbocycles. The molecule has 1 aromatic carbocycles. The highest BCUT2D eigenvalue weighted by Gasteiger charge is 2.29. The number of nitrogens with two attached hydrogens (primary N) is 1. The molecule has 2 heterocycles. The number of thioether (sulfide) groups is 1. The first kappa shape index (κ1) is 28.3. The van der Waals surface area contributed by atoms with Gasteiger partial charge in [-0.1, -0.05) is 19.1 Å². The Morgan fingerprint density at radius 1 is 1.27 bits per heavy atom. The number of nitriles is 2. The number of carbonyl (C=O) groups excluding carboxylic acids is 1. The number of amides is 1. The molecular formula is C25H31N7O3S2. The molecule has 37 heavy (non-hydrogen) atoms. The molecule has 3 N–H and O–H groups in total. The van der Waals surface area contributed by atoms with Gasteiger partial charge >= 0.3 is 0 Å². The number of aromatic nitrogens is 1. The number of pyridine rings is 1. The lowest BCUT2D eigenvalue weighted by Crippen LogP contribution is -2.35. The molecule has 196 valence electrons. The SMILES string of the molecule is CCc1c(C#N)c(SCc2ccc(N(C)S(C)(=O)=O)cc2)nc(N2CCC(CNC(=O)CN)C2)c1C#N. The van der Waals surface area contributed by atoms with E-state index in [1.54, 1.807) is 12.1 Å². The van der Waals surface area contributed by atoms with Gasteiger partial charge in [-0.2, -0.15) is 10.5 Å². The Kier molecular flexibility index (Phi) is 9.38. The zero-order chi connectivity index (χ0) is 27.2. The zero-order valence-electron chi connectivity index (χ0n) is 21.2. The number of nitrogens with zero attached hydrogens (tertiary/aromatic N) is 5. The van der Waals surface area contributed by atoms with Gasteiger partial charge in [-0.15, -0.1) is 11.8 Å². The maximum Gasteiger partial charge on any atom is 0.233 e. The van der Waals surface area contributed by atoms with Crippen molar-refractivity contribution in [3.05, 3.63) is 46.5 Å². The minimum Gasteiger partial charge on any atom is -0.355 e. The predicted octanol–water partition coefficient (Wildman–Crippen LogP) is 1.98. The van der Waals surface area contributed by atoms with Gasteiger partial charge in [0.25, 0.3) is 0 Å². The fourth-order valence-corrected chi connectivity index (χ4v) is 5.65. The standard InChI is InChI=1S/C25H31N7O3S2/c1-4-20-21(11-26)24(32-10-9-18(15-32)14-29-23(33)13-28)30-25(22(20)12-27)36-16-17-5-7-19(8-6-17)31(2)37(3,34)35/h5-8,18H,4,9-10,13-16,28H2,1-3H3,(H,29,33). The second-order valence-corrected chi connectivity index (χ2v) is 11.8. The summed E-state index contributed by atoms with van der Waals surface area (Å²) in [6.45, 7) is 3.71. The maximum absolute atomic E-state index is 11.8. The molecule has 10 nitrogen and oxygen atoms in total. The van der Waals surface area contributed by atoms with Crippen LogP contribution in [0.5, 0.6) is 0 Å². The van der Waals surface area contributed by atoms with Crippen molar-refractivity contribution in [1.29, 1.82) is 10.5 Å². The Morgan fingerprint density at radius 3 is 2.51 bits per heavy atom. The van der Waals surface area contributed by atoms with Gasteiger partial charge in [-0.3, -0.25) is 9.10 Å². The summed E-state index contributed by atoms with van der Waals surface area (Å²) in [5, 5.41) is 23.3. The number of nitrogens with one attached hydrogen (secondary N) is 1. The monoisotopic (exact) mass is 541 g/mol. The fourth-order valence-electron chi connectivity index (χ4n) is 4.18. The summed E-state index contributed by atoms with van der Waals surface area (Å²) >= 11 is 1.41. The minimum atomic E-state index is -3.35. The third kappa shape index (κ3) is 6.72. The van der Waals surface area contributed by atoms with E-state index in [9.17, 15) is 23.7 Å². The Balaban J connectivity index is 1.85. The molecule has 0 radical (unpaired) electrons. The summed E-state index contributed by atoms with van der Waals surface area (Å²) in [4.78, 5) is 18.4. The summed E-state index contributed by atoms with van der Waals surface area (Å²) in [5.74, 6) is 1.10. The average Bonchev–Trinajstić information content (AvgIpc) is 3.37. The molecule has 1 atom stereocenters. The predicted molar refractivity (Wildman–Crippen MR) is 145 cm³/mol. The number of anilines is 2. The van der Waals surface area contributed by atoms with Crippen LogP contribution in [0.15, 0.2) is 29.3 Å². The lowest BCUT2D eigenvalue weighted by atomic mass is 10.0. The van der Waals surface area contributed by atoms with Crippen molar-refractivity contribution in [2.75, 3.05) is 48.7 Å².